The van der Waals surface area contributed by atoms with Crippen molar-refractivity contribution in [1.29, 1.82) is 0 Å². The van der Waals surface area contributed by atoms with Gasteiger partial charge in [-0.15, -0.1) is 0 Å². The molecule has 1 atom stereocenters. The monoisotopic (exact) mass is 337 g/mol. The topological polar surface area (TPSA) is 64.1 Å². The molecule has 7 nitrogen and oxygen atoms in total. The van der Waals surface area contributed by atoms with E-state index in [4.69, 9.17) is 0 Å². The molecule has 0 radical (unpaired) electrons. The van der Waals surface area contributed by atoms with Crippen molar-refractivity contribution in [3.05, 3.63) is 36.5 Å². The summed E-state index contributed by atoms with van der Waals surface area (Å²) in [6.45, 7) is 1.20. The first-order chi connectivity index (χ1) is 11.5. The number of fused-ring (bicyclic) bond motifs is 1. The molecule has 1 saturated heterocycles. The van der Waals surface area contributed by atoms with E-state index in [-0.39, 0.29) is 11.8 Å². The minimum absolute atomic E-state index is 0.0546. The number of hydrogen-bond acceptors (Lipinski definition) is 5. The highest BCUT2D eigenvalue weighted by atomic mass is 19.4. The SMILES string of the molecule is FC(F)(F)c1cc(N2CCCC(n3cccn3)C2)n2ncnc2n1. The zero-order valence-electron chi connectivity index (χ0n) is 12.6. The second kappa shape index (κ2) is 5.46. The van der Waals surface area contributed by atoms with Crippen molar-refractivity contribution < 1.29 is 13.2 Å². The van der Waals surface area contributed by atoms with E-state index in [0.717, 1.165) is 18.9 Å². The third-order valence-electron chi connectivity index (χ3n) is 4.14. The van der Waals surface area contributed by atoms with Crippen LogP contribution in [0.5, 0.6) is 0 Å². The highest BCUT2D eigenvalue weighted by Crippen LogP contribution is 2.32. The van der Waals surface area contributed by atoms with Gasteiger partial charge in [-0.3, -0.25) is 4.68 Å². The Bertz CT molecular complexity index is 840. The molecule has 1 aliphatic heterocycles. The molecule has 0 bridgehead atoms. The molecule has 0 N–H and O–H groups in total. The lowest BCUT2D eigenvalue weighted by Gasteiger charge is -2.34. The molecule has 1 aliphatic rings. The Morgan fingerprint density at radius 1 is 1.21 bits per heavy atom. The molecule has 0 amide bonds. The van der Waals surface area contributed by atoms with Crippen LogP contribution in [0.25, 0.3) is 5.78 Å². The highest BCUT2D eigenvalue weighted by Gasteiger charge is 2.35. The Balaban J connectivity index is 1.73. The van der Waals surface area contributed by atoms with E-state index in [9.17, 15) is 13.2 Å². The number of aromatic nitrogens is 6. The fourth-order valence-electron chi connectivity index (χ4n) is 3.04. The van der Waals surface area contributed by atoms with Crippen molar-refractivity contribution in [3.8, 4) is 0 Å². The van der Waals surface area contributed by atoms with Crippen LogP contribution in [0, 0.1) is 0 Å². The third kappa shape index (κ3) is 2.57. The van der Waals surface area contributed by atoms with E-state index in [2.05, 4.69) is 20.2 Å². The summed E-state index contributed by atoms with van der Waals surface area (Å²) in [5, 5.41) is 8.26. The molecule has 0 aromatic carbocycles. The maximum atomic E-state index is 13.1. The lowest BCUT2D eigenvalue weighted by atomic mass is 10.1. The first-order valence-electron chi connectivity index (χ1n) is 7.54. The van der Waals surface area contributed by atoms with Crippen molar-refractivity contribution in [2.24, 2.45) is 0 Å². The van der Waals surface area contributed by atoms with Gasteiger partial charge >= 0.3 is 6.18 Å². The number of rotatable bonds is 2. The van der Waals surface area contributed by atoms with Crippen LogP contribution in [0.2, 0.25) is 0 Å². The Morgan fingerprint density at radius 2 is 2.08 bits per heavy atom. The normalized spacial score (nSPS) is 19.1. The average Bonchev–Trinajstić information content (AvgIpc) is 3.24. The predicted octanol–water partition coefficient (Wildman–Crippen LogP) is 2.18. The highest BCUT2D eigenvalue weighted by molar-refractivity contribution is 5.48. The molecule has 1 fully saturated rings. The van der Waals surface area contributed by atoms with Crippen molar-refractivity contribution in [2.75, 3.05) is 18.0 Å². The number of hydrogen-bond donors (Lipinski definition) is 0. The molecular formula is C14H14F3N7. The summed E-state index contributed by atoms with van der Waals surface area (Å²) in [6.07, 6.45) is 2.02. The molecule has 1 unspecified atom stereocenters. The van der Waals surface area contributed by atoms with E-state index in [1.165, 1.54) is 10.8 Å². The van der Waals surface area contributed by atoms with Crippen LogP contribution in [0.1, 0.15) is 24.6 Å². The predicted molar refractivity (Wildman–Crippen MR) is 78.5 cm³/mol. The van der Waals surface area contributed by atoms with E-state index >= 15 is 0 Å². The Kier molecular flexibility index (Phi) is 3.39. The fourth-order valence-corrected chi connectivity index (χ4v) is 3.04. The minimum Gasteiger partial charge on any atom is -0.354 e. The van der Waals surface area contributed by atoms with E-state index < -0.39 is 11.9 Å². The molecule has 4 rings (SSSR count). The van der Waals surface area contributed by atoms with Crippen LogP contribution >= 0.6 is 0 Å². The smallest absolute Gasteiger partial charge is 0.354 e. The number of alkyl halides is 3. The van der Waals surface area contributed by atoms with Gasteiger partial charge in [-0.05, 0) is 18.9 Å². The molecule has 0 saturated carbocycles. The Hall–Kier alpha value is -2.65. The number of halogens is 3. The molecule has 0 spiro atoms. The first-order valence-corrected chi connectivity index (χ1v) is 7.54. The van der Waals surface area contributed by atoms with Gasteiger partial charge in [0.1, 0.15) is 12.1 Å². The third-order valence-corrected chi connectivity index (χ3v) is 4.14. The second-order valence-electron chi connectivity index (χ2n) is 5.70. The standard InChI is InChI=1S/C14H14F3N7/c15-14(16,17)11-7-12(24-13(21-11)18-9-20-24)22-5-1-3-10(8-22)23-6-2-4-19-23/h2,4,6-7,9-10H,1,3,5,8H2. The lowest BCUT2D eigenvalue weighted by molar-refractivity contribution is -0.141. The van der Waals surface area contributed by atoms with Crippen LogP contribution in [0.3, 0.4) is 0 Å². The van der Waals surface area contributed by atoms with Gasteiger partial charge in [-0.25, -0.2) is 4.98 Å². The zero-order chi connectivity index (χ0) is 16.7. The molecular weight excluding hydrogens is 323 g/mol. The van der Waals surface area contributed by atoms with Gasteiger partial charge in [0.15, 0.2) is 5.69 Å². The van der Waals surface area contributed by atoms with Gasteiger partial charge < -0.3 is 4.90 Å². The number of piperidine rings is 1. The summed E-state index contributed by atoms with van der Waals surface area (Å²) in [7, 11) is 0. The van der Waals surface area contributed by atoms with Crippen LogP contribution < -0.4 is 4.90 Å². The molecule has 0 aliphatic carbocycles. The van der Waals surface area contributed by atoms with Gasteiger partial charge in [-0.1, -0.05) is 0 Å². The molecule has 3 aromatic rings. The molecule has 3 aromatic heterocycles. The van der Waals surface area contributed by atoms with Crippen LogP contribution in [-0.2, 0) is 6.18 Å². The van der Waals surface area contributed by atoms with Gasteiger partial charge in [0.2, 0.25) is 0 Å². The van der Waals surface area contributed by atoms with E-state index in [0.29, 0.717) is 18.9 Å². The van der Waals surface area contributed by atoms with Crippen molar-refractivity contribution in [1.82, 2.24) is 29.4 Å². The quantitative estimate of drug-likeness (QED) is 0.717. The molecule has 24 heavy (non-hydrogen) atoms. The summed E-state index contributed by atoms with van der Waals surface area (Å²) in [5.41, 5.74) is -0.959. The maximum absolute atomic E-state index is 13.1. The minimum atomic E-state index is -4.53. The van der Waals surface area contributed by atoms with Crippen LogP contribution in [0.15, 0.2) is 30.9 Å². The Morgan fingerprint density at radius 3 is 2.83 bits per heavy atom. The fraction of sp³-hybridized carbons (Fsp3) is 0.429. The Labute approximate surface area is 134 Å². The lowest BCUT2D eigenvalue weighted by Crippen LogP contribution is -2.38. The zero-order valence-corrected chi connectivity index (χ0v) is 12.6. The van der Waals surface area contributed by atoms with Crippen LogP contribution in [-0.4, -0.2) is 42.5 Å². The largest absolute Gasteiger partial charge is 0.433 e. The summed E-state index contributed by atoms with van der Waals surface area (Å²) >= 11 is 0. The summed E-state index contributed by atoms with van der Waals surface area (Å²) < 4.78 is 42.5. The summed E-state index contributed by atoms with van der Waals surface area (Å²) in [4.78, 5) is 9.25. The maximum Gasteiger partial charge on any atom is 0.433 e. The summed E-state index contributed by atoms with van der Waals surface area (Å²) in [6, 6.07) is 2.98. The molecule has 126 valence electrons. The molecule has 4 heterocycles. The number of nitrogens with zero attached hydrogens (tertiary/aromatic N) is 7. The van der Waals surface area contributed by atoms with Gasteiger partial charge in [0.25, 0.3) is 5.78 Å². The van der Waals surface area contributed by atoms with Gasteiger partial charge in [0.05, 0.1) is 6.04 Å². The van der Waals surface area contributed by atoms with E-state index in [1.807, 2.05) is 21.8 Å². The van der Waals surface area contributed by atoms with Gasteiger partial charge in [0, 0.05) is 31.5 Å². The summed E-state index contributed by atoms with van der Waals surface area (Å²) in [5.74, 6) is 0.294. The van der Waals surface area contributed by atoms with Crippen molar-refractivity contribution in [3.63, 3.8) is 0 Å². The number of anilines is 1. The van der Waals surface area contributed by atoms with Crippen molar-refractivity contribution in [2.45, 2.75) is 25.1 Å². The molecule has 10 heteroatoms. The van der Waals surface area contributed by atoms with E-state index in [1.54, 1.807) is 6.20 Å². The first kappa shape index (κ1) is 14.9. The average molecular weight is 337 g/mol. The second-order valence-corrected chi connectivity index (χ2v) is 5.70. The van der Waals surface area contributed by atoms with Gasteiger partial charge in [-0.2, -0.15) is 32.9 Å². The van der Waals surface area contributed by atoms with Crippen LogP contribution in [0.4, 0.5) is 19.0 Å². The van der Waals surface area contributed by atoms with Crippen molar-refractivity contribution >= 4 is 11.6 Å².